The minimum Gasteiger partial charge on any atom is -0.481 e. The van der Waals surface area contributed by atoms with Crippen molar-refractivity contribution in [2.75, 3.05) is 13.1 Å². The molecule has 1 unspecified atom stereocenters. The summed E-state index contributed by atoms with van der Waals surface area (Å²) in [6, 6.07) is 8.15. The van der Waals surface area contributed by atoms with Crippen LogP contribution >= 0.6 is 0 Å². The number of piperidine rings is 1. The van der Waals surface area contributed by atoms with Crippen molar-refractivity contribution >= 4 is 11.9 Å². The van der Waals surface area contributed by atoms with E-state index in [0.29, 0.717) is 32.4 Å². The van der Waals surface area contributed by atoms with Crippen molar-refractivity contribution in [1.82, 2.24) is 4.90 Å². The van der Waals surface area contributed by atoms with Gasteiger partial charge >= 0.3 is 5.97 Å². The highest BCUT2D eigenvalue weighted by molar-refractivity contribution is 5.79. The number of aryl methyl sites for hydroxylation is 2. The van der Waals surface area contributed by atoms with Crippen molar-refractivity contribution in [3.8, 4) is 0 Å². The third-order valence-corrected chi connectivity index (χ3v) is 4.28. The SMILES string of the molecule is Cc1cccc(CCC(=O)N2CCCC(C)(C(=O)O)C2)c1. The third-order valence-electron chi connectivity index (χ3n) is 4.28. The lowest BCUT2D eigenvalue weighted by Gasteiger charge is -2.37. The van der Waals surface area contributed by atoms with Crippen molar-refractivity contribution in [3.63, 3.8) is 0 Å². The van der Waals surface area contributed by atoms with Crippen LogP contribution in [0.15, 0.2) is 24.3 Å². The van der Waals surface area contributed by atoms with Crippen LogP contribution in [-0.4, -0.2) is 35.0 Å². The van der Waals surface area contributed by atoms with Gasteiger partial charge in [0.05, 0.1) is 5.41 Å². The molecule has 114 valence electrons. The van der Waals surface area contributed by atoms with Gasteiger partial charge in [-0.3, -0.25) is 9.59 Å². The second kappa shape index (κ2) is 6.29. The van der Waals surface area contributed by atoms with Gasteiger partial charge in [0.2, 0.25) is 5.91 Å². The van der Waals surface area contributed by atoms with E-state index in [4.69, 9.17) is 0 Å². The summed E-state index contributed by atoms with van der Waals surface area (Å²) in [4.78, 5) is 25.3. The number of carbonyl (C=O) groups excluding carboxylic acids is 1. The minimum absolute atomic E-state index is 0.0590. The molecule has 0 radical (unpaired) electrons. The van der Waals surface area contributed by atoms with Gasteiger partial charge in [0.1, 0.15) is 0 Å². The molecule has 2 rings (SSSR count). The van der Waals surface area contributed by atoms with Gasteiger partial charge in [-0.05, 0) is 38.7 Å². The standard InChI is InChI=1S/C17H23NO3/c1-13-5-3-6-14(11-13)7-8-15(19)18-10-4-9-17(2,12-18)16(20)21/h3,5-6,11H,4,7-10,12H2,1-2H3,(H,20,21). The van der Waals surface area contributed by atoms with E-state index in [1.165, 1.54) is 5.56 Å². The minimum atomic E-state index is -0.807. The molecule has 1 atom stereocenters. The molecule has 1 aromatic carbocycles. The van der Waals surface area contributed by atoms with Gasteiger partial charge in [-0.2, -0.15) is 0 Å². The van der Waals surface area contributed by atoms with Crippen LogP contribution in [-0.2, 0) is 16.0 Å². The maximum absolute atomic E-state index is 12.3. The maximum Gasteiger partial charge on any atom is 0.311 e. The fourth-order valence-electron chi connectivity index (χ4n) is 2.90. The molecule has 1 aliphatic heterocycles. The molecule has 0 aromatic heterocycles. The number of carboxylic acids is 1. The van der Waals surface area contributed by atoms with Crippen LogP contribution in [0.1, 0.15) is 37.3 Å². The lowest BCUT2D eigenvalue weighted by Crippen LogP contribution is -2.48. The topological polar surface area (TPSA) is 57.6 Å². The van der Waals surface area contributed by atoms with E-state index >= 15 is 0 Å². The first-order valence-corrected chi connectivity index (χ1v) is 7.47. The molecule has 1 fully saturated rings. The number of hydrogen-bond acceptors (Lipinski definition) is 2. The zero-order valence-electron chi connectivity index (χ0n) is 12.8. The second-order valence-electron chi connectivity index (χ2n) is 6.27. The van der Waals surface area contributed by atoms with E-state index in [1.807, 2.05) is 25.1 Å². The molecule has 21 heavy (non-hydrogen) atoms. The Morgan fingerprint density at radius 3 is 2.81 bits per heavy atom. The molecular weight excluding hydrogens is 266 g/mol. The molecule has 0 bridgehead atoms. The molecule has 1 amide bonds. The van der Waals surface area contributed by atoms with E-state index < -0.39 is 11.4 Å². The van der Waals surface area contributed by atoms with Crippen molar-refractivity contribution in [2.24, 2.45) is 5.41 Å². The maximum atomic E-state index is 12.3. The number of carbonyl (C=O) groups is 2. The normalized spacial score (nSPS) is 22.1. The van der Waals surface area contributed by atoms with E-state index in [1.54, 1.807) is 11.8 Å². The van der Waals surface area contributed by atoms with Gasteiger partial charge in [-0.15, -0.1) is 0 Å². The number of likely N-dealkylation sites (tertiary alicyclic amines) is 1. The Morgan fingerprint density at radius 2 is 2.14 bits per heavy atom. The molecule has 1 saturated heterocycles. The molecular formula is C17H23NO3. The highest BCUT2D eigenvalue weighted by Crippen LogP contribution is 2.30. The Kier molecular flexibility index (Phi) is 4.66. The van der Waals surface area contributed by atoms with Crippen LogP contribution < -0.4 is 0 Å². The van der Waals surface area contributed by atoms with Crippen LogP contribution in [0, 0.1) is 12.3 Å². The molecule has 0 aliphatic carbocycles. The predicted molar refractivity (Wildman–Crippen MR) is 81.1 cm³/mol. The molecule has 1 heterocycles. The molecule has 0 spiro atoms. The zero-order chi connectivity index (χ0) is 15.5. The summed E-state index contributed by atoms with van der Waals surface area (Å²) < 4.78 is 0. The van der Waals surface area contributed by atoms with E-state index in [2.05, 4.69) is 6.07 Å². The highest BCUT2D eigenvalue weighted by atomic mass is 16.4. The van der Waals surface area contributed by atoms with Gasteiger partial charge in [0, 0.05) is 19.5 Å². The smallest absolute Gasteiger partial charge is 0.311 e. The average molecular weight is 289 g/mol. The Labute approximate surface area is 125 Å². The highest BCUT2D eigenvalue weighted by Gasteiger charge is 2.39. The summed E-state index contributed by atoms with van der Waals surface area (Å²) in [5.74, 6) is -0.748. The Morgan fingerprint density at radius 1 is 1.38 bits per heavy atom. The number of carboxylic acid groups (broad SMARTS) is 1. The molecule has 4 nitrogen and oxygen atoms in total. The molecule has 1 aliphatic rings. The van der Waals surface area contributed by atoms with Crippen molar-refractivity contribution in [1.29, 1.82) is 0 Å². The number of amides is 1. The van der Waals surface area contributed by atoms with Crippen LogP contribution in [0.5, 0.6) is 0 Å². The van der Waals surface area contributed by atoms with E-state index in [0.717, 1.165) is 12.0 Å². The number of rotatable bonds is 4. The van der Waals surface area contributed by atoms with Crippen LogP contribution in [0.3, 0.4) is 0 Å². The van der Waals surface area contributed by atoms with E-state index in [-0.39, 0.29) is 5.91 Å². The first-order valence-electron chi connectivity index (χ1n) is 7.47. The first kappa shape index (κ1) is 15.5. The van der Waals surface area contributed by atoms with Crippen LogP contribution in [0.2, 0.25) is 0 Å². The summed E-state index contributed by atoms with van der Waals surface area (Å²) in [5, 5.41) is 9.30. The lowest BCUT2D eigenvalue weighted by molar-refractivity contribution is -0.153. The molecule has 1 N–H and O–H groups in total. The van der Waals surface area contributed by atoms with Gasteiger partial charge in [0.15, 0.2) is 0 Å². The zero-order valence-corrected chi connectivity index (χ0v) is 12.8. The van der Waals surface area contributed by atoms with Crippen molar-refractivity contribution in [2.45, 2.75) is 39.5 Å². The quantitative estimate of drug-likeness (QED) is 0.927. The van der Waals surface area contributed by atoms with Gasteiger partial charge in [-0.25, -0.2) is 0 Å². The largest absolute Gasteiger partial charge is 0.481 e. The molecule has 1 aromatic rings. The molecule has 4 heteroatoms. The number of nitrogens with zero attached hydrogens (tertiary/aromatic N) is 1. The fourth-order valence-corrected chi connectivity index (χ4v) is 2.90. The van der Waals surface area contributed by atoms with Gasteiger partial charge in [0.25, 0.3) is 0 Å². The first-order chi connectivity index (χ1) is 9.90. The monoisotopic (exact) mass is 289 g/mol. The number of aliphatic carboxylic acids is 1. The predicted octanol–water partition coefficient (Wildman–Crippen LogP) is 2.64. The fraction of sp³-hybridized carbons (Fsp3) is 0.529. The van der Waals surface area contributed by atoms with Crippen molar-refractivity contribution < 1.29 is 14.7 Å². The number of benzene rings is 1. The Bertz CT molecular complexity index is 541. The third kappa shape index (κ3) is 3.84. The van der Waals surface area contributed by atoms with Crippen molar-refractivity contribution in [3.05, 3.63) is 35.4 Å². The van der Waals surface area contributed by atoms with Gasteiger partial charge < -0.3 is 10.0 Å². The van der Waals surface area contributed by atoms with Crippen LogP contribution in [0.25, 0.3) is 0 Å². The summed E-state index contributed by atoms with van der Waals surface area (Å²) in [6.45, 7) is 4.77. The van der Waals surface area contributed by atoms with Gasteiger partial charge in [-0.1, -0.05) is 29.8 Å². The second-order valence-corrected chi connectivity index (χ2v) is 6.27. The average Bonchev–Trinajstić information content (AvgIpc) is 2.45. The Balaban J connectivity index is 1.93. The number of hydrogen-bond donors (Lipinski definition) is 1. The summed E-state index contributed by atoms with van der Waals surface area (Å²) >= 11 is 0. The summed E-state index contributed by atoms with van der Waals surface area (Å²) in [6.07, 6.45) is 2.56. The molecule has 0 saturated carbocycles. The van der Waals surface area contributed by atoms with Crippen LogP contribution in [0.4, 0.5) is 0 Å². The lowest BCUT2D eigenvalue weighted by atomic mass is 9.82. The Hall–Kier alpha value is -1.84. The summed E-state index contributed by atoms with van der Waals surface area (Å²) in [7, 11) is 0. The summed E-state index contributed by atoms with van der Waals surface area (Å²) in [5.41, 5.74) is 1.55. The van der Waals surface area contributed by atoms with E-state index in [9.17, 15) is 14.7 Å².